The number of anilines is 1. The van der Waals surface area contributed by atoms with E-state index in [1.54, 1.807) is 0 Å². The topological polar surface area (TPSA) is 33.7 Å². The van der Waals surface area contributed by atoms with Crippen molar-refractivity contribution in [2.75, 3.05) is 24.8 Å². The van der Waals surface area contributed by atoms with Crippen LogP contribution in [0.5, 0.6) is 11.5 Å². The van der Waals surface area contributed by atoms with Crippen molar-refractivity contribution in [1.82, 2.24) is 5.32 Å². The molecule has 1 saturated carbocycles. The van der Waals surface area contributed by atoms with Crippen LogP contribution >= 0.6 is 0 Å². The maximum Gasteiger partial charge on any atom is 0.231 e. The number of nitrogens with one attached hydrogen (secondary N) is 1. The molecule has 1 unspecified atom stereocenters. The zero-order valence-electron chi connectivity index (χ0n) is 12.7. The Kier molecular flexibility index (Phi) is 3.21. The Hall–Kier alpha value is -1.42. The number of hydrogen-bond acceptors (Lipinski definition) is 4. The second kappa shape index (κ2) is 5.09. The summed E-state index contributed by atoms with van der Waals surface area (Å²) in [7, 11) is 0. The van der Waals surface area contributed by atoms with Gasteiger partial charge in [0, 0.05) is 36.4 Å². The van der Waals surface area contributed by atoms with Crippen molar-refractivity contribution in [3.63, 3.8) is 0 Å². The highest BCUT2D eigenvalue weighted by molar-refractivity contribution is 5.58. The van der Waals surface area contributed by atoms with E-state index in [0.29, 0.717) is 18.4 Å². The lowest BCUT2D eigenvalue weighted by Crippen LogP contribution is -2.63. The third-order valence-corrected chi connectivity index (χ3v) is 5.35. The molecule has 1 saturated heterocycles. The molecule has 4 rings (SSSR count). The lowest BCUT2D eigenvalue weighted by atomic mass is 9.91. The van der Waals surface area contributed by atoms with E-state index in [0.717, 1.165) is 31.0 Å². The molecule has 114 valence electrons. The number of ether oxygens (including phenoxy) is 2. The summed E-state index contributed by atoms with van der Waals surface area (Å²) in [6, 6.07) is 6.95. The maximum absolute atomic E-state index is 5.55. The van der Waals surface area contributed by atoms with Crippen LogP contribution in [0.25, 0.3) is 0 Å². The monoisotopic (exact) mass is 288 g/mol. The van der Waals surface area contributed by atoms with Crippen LogP contribution in [0.4, 0.5) is 5.69 Å². The molecule has 4 nitrogen and oxygen atoms in total. The predicted octanol–water partition coefficient (Wildman–Crippen LogP) is 2.92. The SMILES string of the molecule is CCC1CNC2(CCCC2)CN1c1ccc2c(c1)OCO2. The van der Waals surface area contributed by atoms with Crippen molar-refractivity contribution >= 4 is 5.69 Å². The average Bonchev–Trinajstić information content (AvgIpc) is 3.16. The van der Waals surface area contributed by atoms with E-state index in [9.17, 15) is 0 Å². The van der Waals surface area contributed by atoms with E-state index in [1.165, 1.54) is 31.4 Å². The fraction of sp³-hybridized carbons (Fsp3) is 0.647. The van der Waals surface area contributed by atoms with Crippen molar-refractivity contribution in [3.8, 4) is 11.5 Å². The molecular weight excluding hydrogens is 264 g/mol. The normalized spacial score (nSPS) is 26.5. The number of fused-ring (bicyclic) bond motifs is 1. The van der Waals surface area contributed by atoms with Gasteiger partial charge in [-0.1, -0.05) is 19.8 Å². The van der Waals surface area contributed by atoms with Gasteiger partial charge < -0.3 is 19.7 Å². The molecule has 1 aliphatic carbocycles. The largest absolute Gasteiger partial charge is 0.454 e. The summed E-state index contributed by atoms with van der Waals surface area (Å²) in [6.45, 7) is 4.83. The molecule has 1 N–H and O–H groups in total. The Morgan fingerprint density at radius 3 is 2.86 bits per heavy atom. The zero-order chi connectivity index (χ0) is 14.3. The Morgan fingerprint density at radius 2 is 2.05 bits per heavy atom. The summed E-state index contributed by atoms with van der Waals surface area (Å²) in [6.07, 6.45) is 6.50. The molecule has 2 fully saturated rings. The van der Waals surface area contributed by atoms with Gasteiger partial charge in [-0.3, -0.25) is 0 Å². The minimum Gasteiger partial charge on any atom is -0.454 e. The summed E-state index contributed by atoms with van der Waals surface area (Å²) < 4.78 is 11.0. The van der Waals surface area contributed by atoms with Gasteiger partial charge in [0.15, 0.2) is 11.5 Å². The highest BCUT2D eigenvalue weighted by Crippen LogP contribution is 2.39. The molecule has 1 spiro atoms. The van der Waals surface area contributed by atoms with Crippen LogP contribution < -0.4 is 19.7 Å². The molecule has 4 heteroatoms. The van der Waals surface area contributed by atoms with Gasteiger partial charge in [0.1, 0.15) is 0 Å². The summed E-state index contributed by atoms with van der Waals surface area (Å²) in [4.78, 5) is 2.59. The van der Waals surface area contributed by atoms with Crippen molar-refractivity contribution in [2.24, 2.45) is 0 Å². The van der Waals surface area contributed by atoms with Crippen molar-refractivity contribution < 1.29 is 9.47 Å². The minimum absolute atomic E-state index is 0.335. The molecular formula is C17H24N2O2. The standard InChI is InChI=1S/C17H24N2O2/c1-2-13-10-18-17(7-3-4-8-17)11-19(13)14-5-6-15-16(9-14)21-12-20-15/h5-6,9,13,18H,2-4,7-8,10-12H2,1H3. The molecule has 1 atom stereocenters. The second-order valence-corrected chi connectivity index (χ2v) is 6.60. The Morgan fingerprint density at radius 1 is 1.24 bits per heavy atom. The van der Waals surface area contributed by atoms with Crippen molar-refractivity contribution in [3.05, 3.63) is 18.2 Å². The molecule has 0 amide bonds. The van der Waals surface area contributed by atoms with Crippen LogP contribution in [-0.2, 0) is 0 Å². The zero-order valence-corrected chi connectivity index (χ0v) is 12.7. The van der Waals surface area contributed by atoms with Gasteiger partial charge >= 0.3 is 0 Å². The fourth-order valence-corrected chi connectivity index (χ4v) is 4.07. The number of rotatable bonds is 2. The van der Waals surface area contributed by atoms with E-state index in [4.69, 9.17) is 9.47 Å². The van der Waals surface area contributed by atoms with Gasteiger partial charge in [-0.2, -0.15) is 0 Å². The van der Waals surface area contributed by atoms with Crippen LogP contribution in [-0.4, -0.2) is 31.5 Å². The summed E-state index contributed by atoms with van der Waals surface area (Å²) in [5.41, 5.74) is 1.61. The number of nitrogens with zero attached hydrogens (tertiary/aromatic N) is 1. The first-order valence-electron chi connectivity index (χ1n) is 8.21. The third-order valence-electron chi connectivity index (χ3n) is 5.35. The third kappa shape index (κ3) is 2.26. The summed E-state index contributed by atoms with van der Waals surface area (Å²) >= 11 is 0. The summed E-state index contributed by atoms with van der Waals surface area (Å²) in [5.74, 6) is 1.76. The van der Waals surface area contributed by atoms with Gasteiger partial charge in [-0.05, 0) is 31.4 Å². The van der Waals surface area contributed by atoms with Gasteiger partial charge in [0.2, 0.25) is 6.79 Å². The number of hydrogen-bond donors (Lipinski definition) is 1. The number of benzene rings is 1. The predicted molar refractivity (Wildman–Crippen MR) is 83.2 cm³/mol. The molecule has 1 aromatic rings. The van der Waals surface area contributed by atoms with Crippen LogP contribution in [0.3, 0.4) is 0 Å². The molecule has 2 heterocycles. The van der Waals surface area contributed by atoms with E-state index in [-0.39, 0.29) is 0 Å². The van der Waals surface area contributed by atoms with Crippen molar-refractivity contribution in [1.29, 1.82) is 0 Å². The van der Waals surface area contributed by atoms with Crippen LogP contribution in [0, 0.1) is 0 Å². The summed E-state index contributed by atoms with van der Waals surface area (Å²) in [5, 5.41) is 3.85. The quantitative estimate of drug-likeness (QED) is 0.907. The molecule has 3 aliphatic rings. The number of piperazine rings is 1. The van der Waals surface area contributed by atoms with E-state index >= 15 is 0 Å². The molecule has 0 radical (unpaired) electrons. The Balaban J connectivity index is 1.63. The van der Waals surface area contributed by atoms with Gasteiger partial charge in [-0.15, -0.1) is 0 Å². The van der Waals surface area contributed by atoms with Gasteiger partial charge in [0.05, 0.1) is 0 Å². The first-order valence-corrected chi connectivity index (χ1v) is 8.21. The minimum atomic E-state index is 0.335. The fourth-order valence-electron chi connectivity index (χ4n) is 4.07. The lowest BCUT2D eigenvalue weighted by molar-refractivity contribution is 0.174. The Labute approximate surface area is 126 Å². The van der Waals surface area contributed by atoms with Crippen LogP contribution in [0.15, 0.2) is 18.2 Å². The smallest absolute Gasteiger partial charge is 0.231 e. The molecule has 1 aromatic carbocycles. The van der Waals surface area contributed by atoms with Crippen molar-refractivity contribution in [2.45, 2.75) is 50.6 Å². The van der Waals surface area contributed by atoms with E-state index in [2.05, 4.69) is 29.3 Å². The highest BCUT2D eigenvalue weighted by atomic mass is 16.7. The molecule has 21 heavy (non-hydrogen) atoms. The first-order chi connectivity index (χ1) is 10.3. The second-order valence-electron chi connectivity index (χ2n) is 6.60. The van der Waals surface area contributed by atoms with Crippen LogP contribution in [0.1, 0.15) is 39.0 Å². The molecule has 0 aromatic heterocycles. The molecule has 0 bridgehead atoms. The average molecular weight is 288 g/mol. The highest BCUT2D eigenvalue weighted by Gasteiger charge is 2.40. The van der Waals surface area contributed by atoms with Crippen LogP contribution in [0.2, 0.25) is 0 Å². The van der Waals surface area contributed by atoms with E-state index in [1.807, 2.05) is 6.07 Å². The van der Waals surface area contributed by atoms with E-state index < -0.39 is 0 Å². The molecule has 2 aliphatic heterocycles. The maximum atomic E-state index is 5.55. The van der Waals surface area contributed by atoms with Gasteiger partial charge in [-0.25, -0.2) is 0 Å². The first kappa shape index (κ1) is 13.3. The lowest BCUT2D eigenvalue weighted by Gasteiger charge is -2.47. The Bertz CT molecular complexity index is 526. The van der Waals surface area contributed by atoms with Gasteiger partial charge in [0.25, 0.3) is 0 Å².